The lowest BCUT2D eigenvalue weighted by atomic mass is 10.1. The fraction of sp³-hybridized carbons (Fsp3) is 0.615. The predicted octanol–water partition coefficient (Wildman–Crippen LogP) is -3.73. The normalized spacial score (nSPS) is 13.8. The van der Waals surface area contributed by atoms with Gasteiger partial charge in [-0.1, -0.05) is 0 Å². The highest BCUT2D eigenvalue weighted by Gasteiger charge is 2.28. The fourth-order valence-corrected chi connectivity index (χ4v) is 1.82. The minimum atomic E-state index is -1.48. The number of amides is 3. The van der Waals surface area contributed by atoms with Crippen LogP contribution in [0, 0.1) is 0 Å². The predicted molar refractivity (Wildman–Crippen MR) is 90.3 cm³/mol. The number of carboxylic acid groups (broad SMARTS) is 2. The van der Waals surface area contributed by atoms with Crippen LogP contribution in [0.2, 0.25) is 0 Å². The van der Waals surface area contributed by atoms with E-state index in [4.69, 9.17) is 15.9 Å². The molecule has 0 aromatic carbocycles. The Morgan fingerprint density at radius 2 is 1.50 bits per heavy atom. The number of nitrogens with two attached hydrogens (primary N) is 1. The number of hydrogen-bond donors (Lipinski definition) is 8. The van der Waals surface area contributed by atoms with Crippen LogP contribution in [-0.4, -0.2) is 82.0 Å². The zero-order valence-corrected chi connectivity index (χ0v) is 14.6. The van der Waals surface area contributed by atoms with E-state index < -0.39 is 67.4 Å². The number of carbonyl (C=O) groups excluding carboxylic acids is 3. The van der Waals surface area contributed by atoms with E-state index in [9.17, 15) is 29.1 Å². The van der Waals surface area contributed by atoms with Crippen molar-refractivity contribution in [3.8, 4) is 0 Å². The maximum absolute atomic E-state index is 12.2. The van der Waals surface area contributed by atoms with Crippen LogP contribution in [0.15, 0.2) is 0 Å². The summed E-state index contributed by atoms with van der Waals surface area (Å²) in [5.74, 6) is -5.20. The molecule has 0 saturated carbocycles. The molecule has 0 aliphatic rings. The number of carboxylic acids is 2. The molecule has 0 spiro atoms. The van der Waals surface area contributed by atoms with Crippen LogP contribution in [0.5, 0.6) is 0 Å². The molecule has 0 radical (unpaired) electrons. The van der Waals surface area contributed by atoms with Crippen LogP contribution < -0.4 is 21.7 Å². The molecule has 0 rings (SSSR count). The Morgan fingerprint density at radius 3 is 1.96 bits per heavy atom. The number of aliphatic carboxylic acids is 2. The molecule has 0 bridgehead atoms. The first-order chi connectivity index (χ1) is 12.1. The van der Waals surface area contributed by atoms with Gasteiger partial charge in [-0.15, -0.1) is 0 Å². The lowest BCUT2D eigenvalue weighted by molar-refractivity contribution is -0.139. The monoisotopic (exact) mass is 394 g/mol. The first-order valence-electron chi connectivity index (χ1n) is 7.41. The summed E-state index contributed by atoms with van der Waals surface area (Å²) in [6.45, 7) is -1.56. The van der Waals surface area contributed by atoms with Crippen molar-refractivity contribution in [1.29, 1.82) is 0 Å². The van der Waals surface area contributed by atoms with Gasteiger partial charge in [0, 0.05) is 12.2 Å². The Bertz CT molecular complexity index is 544. The molecule has 3 unspecified atom stereocenters. The standard InChI is InChI=1S/C13H22N4O8S/c14-6(5-26)11(23)16-7(1-2-9(19)20)13(25)17-8(4-18)12(24)15-3-10(21)22/h6-8,18,26H,1-5,14H2,(H,15,24)(H,16,23)(H,17,25)(H,19,20)(H,21,22). The molecule has 12 nitrogen and oxygen atoms in total. The summed E-state index contributed by atoms with van der Waals surface area (Å²) in [5, 5.41) is 32.7. The second-order valence-corrected chi connectivity index (χ2v) is 5.50. The average Bonchev–Trinajstić information content (AvgIpc) is 2.59. The second kappa shape index (κ2) is 12.1. The summed E-state index contributed by atoms with van der Waals surface area (Å²) in [6, 6.07) is -3.85. The first-order valence-corrected chi connectivity index (χ1v) is 8.04. The van der Waals surface area contributed by atoms with Gasteiger partial charge < -0.3 is 37.0 Å². The summed E-state index contributed by atoms with van der Waals surface area (Å²) >= 11 is 3.84. The third-order valence-electron chi connectivity index (χ3n) is 3.04. The van der Waals surface area contributed by atoms with E-state index in [0.29, 0.717) is 0 Å². The molecule has 0 aliphatic heterocycles. The number of aliphatic hydroxyl groups excluding tert-OH is 1. The molecule has 8 N–H and O–H groups in total. The van der Waals surface area contributed by atoms with Crippen molar-refractivity contribution in [3.63, 3.8) is 0 Å². The van der Waals surface area contributed by atoms with Crippen molar-refractivity contribution in [2.24, 2.45) is 5.73 Å². The van der Waals surface area contributed by atoms with Crippen LogP contribution in [0.25, 0.3) is 0 Å². The highest BCUT2D eigenvalue weighted by Crippen LogP contribution is 2.01. The molecular weight excluding hydrogens is 372 g/mol. The van der Waals surface area contributed by atoms with Gasteiger partial charge in [0.15, 0.2) is 0 Å². The molecular formula is C13H22N4O8S. The summed E-state index contributed by atoms with van der Waals surface area (Å²) in [5.41, 5.74) is 5.47. The summed E-state index contributed by atoms with van der Waals surface area (Å²) < 4.78 is 0. The third-order valence-corrected chi connectivity index (χ3v) is 3.44. The Hall–Kier alpha value is -2.38. The Labute approximate surface area is 153 Å². The average molecular weight is 394 g/mol. The zero-order chi connectivity index (χ0) is 20.3. The Morgan fingerprint density at radius 1 is 0.923 bits per heavy atom. The van der Waals surface area contributed by atoms with Crippen LogP contribution in [0.3, 0.4) is 0 Å². The van der Waals surface area contributed by atoms with Gasteiger partial charge in [-0.2, -0.15) is 12.6 Å². The van der Waals surface area contributed by atoms with E-state index in [1.54, 1.807) is 0 Å². The van der Waals surface area contributed by atoms with Gasteiger partial charge in [0.25, 0.3) is 0 Å². The number of nitrogens with one attached hydrogen (secondary N) is 3. The molecule has 0 heterocycles. The molecule has 3 atom stereocenters. The topological polar surface area (TPSA) is 208 Å². The van der Waals surface area contributed by atoms with Crippen molar-refractivity contribution in [1.82, 2.24) is 16.0 Å². The fourth-order valence-electron chi connectivity index (χ4n) is 1.65. The SMILES string of the molecule is NC(CS)C(=O)NC(CCC(=O)O)C(=O)NC(CO)C(=O)NCC(=O)O. The number of rotatable bonds is 12. The molecule has 0 fully saturated rings. The quantitative estimate of drug-likeness (QED) is 0.153. The molecule has 0 aromatic rings. The first kappa shape index (κ1) is 23.6. The number of hydrogen-bond acceptors (Lipinski definition) is 8. The van der Waals surface area contributed by atoms with Crippen molar-refractivity contribution in [2.45, 2.75) is 31.0 Å². The van der Waals surface area contributed by atoms with E-state index in [1.807, 2.05) is 5.32 Å². The van der Waals surface area contributed by atoms with Crippen molar-refractivity contribution in [3.05, 3.63) is 0 Å². The largest absolute Gasteiger partial charge is 0.481 e. The van der Waals surface area contributed by atoms with Crippen molar-refractivity contribution >= 4 is 42.3 Å². The van der Waals surface area contributed by atoms with Gasteiger partial charge in [-0.25, -0.2) is 0 Å². The molecule has 3 amide bonds. The van der Waals surface area contributed by atoms with Crippen LogP contribution in [0.4, 0.5) is 0 Å². The lowest BCUT2D eigenvalue weighted by Gasteiger charge is -2.22. The molecule has 13 heteroatoms. The number of aliphatic hydroxyl groups is 1. The molecule has 0 saturated heterocycles. The molecule has 148 valence electrons. The minimum absolute atomic E-state index is 0.0179. The minimum Gasteiger partial charge on any atom is -0.481 e. The summed E-state index contributed by atoms with van der Waals surface area (Å²) in [4.78, 5) is 56.9. The third kappa shape index (κ3) is 9.19. The number of carbonyl (C=O) groups is 5. The zero-order valence-electron chi connectivity index (χ0n) is 13.7. The smallest absolute Gasteiger partial charge is 0.322 e. The van der Waals surface area contributed by atoms with Crippen LogP contribution >= 0.6 is 12.6 Å². The summed E-state index contributed by atoms with van der Waals surface area (Å²) in [6.07, 6.45) is -0.745. The maximum Gasteiger partial charge on any atom is 0.322 e. The van der Waals surface area contributed by atoms with Gasteiger partial charge in [-0.05, 0) is 6.42 Å². The van der Waals surface area contributed by atoms with Crippen molar-refractivity contribution in [2.75, 3.05) is 18.9 Å². The van der Waals surface area contributed by atoms with Crippen molar-refractivity contribution < 1.29 is 39.3 Å². The Kier molecular flexibility index (Phi) is 10.9. The lowest BCUT2D eigenvalue weighted by Crippen LogP contribution is -2.57. The summed E-state index contributed by atoms with van der Waals surface area (Å²) in [7, 11) is 0. The molecule has 0 aromatic heterocycles. The van der Waals surface area contributed by atoms with E-state index in [1.165, 1.54) is 0 Å². The van der Waals surface area contributed by atoms with E-state index in [2.05, 4.69) is 23.3 Å². The Balaban J connectivity index is 5.00. The molecule has 26 heavy (non-hydrogen) atoms. The van der Waals surface area contributed by atoms with E-state index >= 15 is 0 Å². The van der Waals surface area contributed by atoms with E-state index in [-0.39, 0.29) is 12.2 Å². The van der Waals surface area contributed by atoms with Gasteiger partial charge in [0.1, 0.15) is 18.6 Å². The number of thiol groups is 1. The highest BCUT2D eigenvalue weighted by molar-refractivity contribution is 7.80. The van der Waals surface area contributed by atoms with Gasteiger partial charge in [-0.3, -0.25) is 24.0 Å². The maximum atomic E-state index is 12.2. The van der Waals surface area contributed by atoms with E-state index in [0.717, 1.165) is 0 Å². The molecule has 0 aliphatic carbocycles. The van der Waals surface area contributed by atoms with Crippen LogP contribution in [-0.2, 0) is 24.0 Å². The highest BCUT2D eigenvalue weighted by atomic mass is 32.1. The van der Waals surface area contributed by atoms with Gasteiger partial charge in [0.2, 0.25) is 17.7 Å². The van der Waals surface area contributed by atoms with Crippen LogP contribution in [0.1, 0.15) is 12.8 Å². The second-order valence-electron chi connectivity index (χ2n) is 5.14. The van der Waals surface area contributed by atoms with Gasteiger partial charge in [0.05, 0.1) is 12.6 Å². The van der Waals surface area contributed by atoms with Gasteiger partial charge >= 0.3 is 11.9 Å².